The lowest BCUT2D eigenvalue weighted by atomic mass is 9.79. The summed E-state index contributed by atoms with van der Waals surface area (Å²) in [4.78, 5) is 0. The quantitative estimate of drug-likeness (QED) is 0.848. The highest BCUT2D eigenvalue weighted by Gasteiger charge is 2.42. The van der Waals surface area contributed by atoms with Gasteiger partial charge in [-0.05, 0) is 18.4 Å². The average molecular weight is 267 g/mol. The highest BCUT2D eigenvalue weighted by Crippen LogP contribution is 2.40. The van der Waals surface area contributed by atoms with Gasteiger partial charge in [0.15, 0.2) is 0 Å². The Hall–Kier alpha value is -0.910. The fraction of sp³-hybridized carbons (Fsp3) is 0.538. The summed E-state index contributed by atoms with van der Waals surface area (Å²) in [7, 11) is -3.60. The number of fused-ring (bicyclic) bond motifs is 1. The van der Waals surface area contributed by atoms with Crippen molar-refractivity contribution in [2.24, 2.45) is 5.92 Å². The monoisotopic (exact) mass is 267 g/mol. The van der Waals surface area contributed by atoms with Crippen molar-refractivity contribution in [3.63, 3.8) is 0 Å². The molecule has 0 aromatic heterocycles. The molecule has 0 amide bonds. The zero-order chi connectivity index (χ0) is 12.6. The Morgan fingerprint density at radius 1 is 1.11 bits per heavy atom. The summed E-state index contributed by atoms with van der Waals surface area (Å²) >= 11 is 0. The van der Waals surface area contributed by atoms with Gasteiger partial charge in [0.2, 0.25) is 0 Å². The van der Waals surface area contributed by atoms with E-state index in [9.17, 15) is 8.42 Å². The molecule has 3 rings (SSSR count). The first-order valence-corrected chi connectivity index (χ1v) is 7.82. The van der Waals surface area contributed by atoms with E-state index in [1.807, 2.05) is 30.3 Å². The van der Waals surface area contributed by atoms with Crippen LogP contribution in [0, 0.1) is 5.92 Å². The first-order valence-electron chi connectivity index (χ1n) is 6.41. The molecular weight excluding hydrogens is 250 g/mol. The van der Waals surface area contributed by atoms with Gasteiger partial charge in [0.1, 0.15) is 0 Å². The van der Waals surface area contributed by atoms with E-state index in [0.717, 1.165) is 31.2 Å². The summed E-state index contributed by atoms with van der Waals surface area (Å²) in [5.41, 5.74) is 1.03. The standard InChI is InChI=1S/C13H17NO3S/c15-18(16)14-13(10-6-2-1-3-7-10)11-8-4-5-9-12(11)17-18/h1-3,6-7,11-14H,4-5,8-9H2/t11-,12-,13+/m1/s1. The number of nitrogens with one attached hydrogen (secondary N) is 1. The third-order valence-corrected chi connectivity index (χ3v) is 4.91. The second kappa shape index (κ2) is 4.64. The van der Waals surface area contributed by atoms with Crippen molar-refractivity contribution in [1.82, 2.24) is 4.72 Å². The smallest absolute Gasteiger partial charge is 0.254 e. The Bertz CT molecular complexity index is 514. The third-order valence-electron chi connectivity index (χ3n) is 3.86. The molecule has 0 spiro atoms. The lowest BCUT2D eigenvalue weighted by Gasteiger charge is -2.40. The van der Waals surface area contributed by atoms with Gasteiger partial charge in [0.25, 0.3) is 0 Å². The fourth-order valence-electron chi connectivity index (χ4n) is 3.04. The van der Waals surface area contributed by atoms with Crippen molar-refractivity contribution in [2.75, 3.05) is 0 Å². The molecule has 1 aliphatic carbocycles. The van der Waals surface area contributed by atoms with Gasteiger partial charge in [-0.15, -0.1) is 0 Å². The number of hydrogen-bond acceptors (Lipinski definition) is 3. The Kier molecular flexibility index (Phi) is 3.13. The van der Waals surface area contributed by atoms with Crippen LogP contribution in [0.2, 0.25) is 0 Å². The van der Waals surface area contributed by atoms with E-state index in [0.29, 0.717) is 0 Å². The minimum absolute atomic E-state index is 0.143. The number of rotatable bonds is 1. The van der Waals surface area contributed by atoms with Gasteiger partial charge in [-0.1, -0.05) is 43.2 Å². The Morgan fingerprint density at radius 3 is 2.61 bits per heavy atom. The van der Waals surface area contributed by atoms with E-state index in [1.165, 1.54) is 0 Å². The Balaban J connectivity index is 1.95. The largest absolute Gasteiger partial charge is 0.336 e. The SMILES string of the molecule is O=S1(=O)N[C@@H](c2ccccc2)[C@@H]2CCCC[C@H]2O1. The predicted octanol–water partition coefficient (Wildman–Crippen LogP) is 2.15. The molecule has 1 aromatic carbocycles. The maximum atomic E-state index is 11.8. The second-order valence-corrected chi connectivity index (χ2v) is 6.38. The van der Waals surface area contributed by atoms with Crippen LogP contribution >= 0.6 is 0 Å². The molecule has 18 heavy (non-hydrogen) atoms. The van der Waals surface area contributed by atoms with Gasteiger partial charge in [-0.25, -0.2) is 0 Å². The molecule has 4 nitrogen and oxygen atoms in total. The van der Waals surface area contributed by atoms with Gasteiger partial charge in [-0.2, -0.15) is 13.1 Å². The summed E-state index contributed by atoms with van der Waals surface area (Å²) in [5, 5.41) is 0. The van der Waals surface area contributed by atoms with Crippen LogP contribution in [0.15, 0.2) is 30.3 Å². The summed E-state index contributed by atoms with van der Waals surface area (Å²) in [6, 6.07) is 9.63. The van der Waals surface area contributed by atoms with Crippen molar-refractivity contribution in [2.45, 2.75) is 37.8 Å². The lowest BCUT2D eigenvalue weighted by Crippen LogP contribution is -2.48. The first kappa shape index (κ1) is 12.1. The highest BCUT2D eigenvalue weighted by molar-refractivity contribution is 7.84. The van der Waals surface area contributed by atoms with Crippen LogP contribution in [0.3, 0.4) is 0 Å². The maximum Gasteiger partial charge on any atom is 0.336 e. The minimum atomic E-state index is -3.60. The Labute approximate surface area is 108 Å². The first-order chi connectivity index (χ1) is 8.66. The molecule has 5 heteroatoms. The average Bonchev–Trinajstić information content (AvgIpc) is 2.38. The fourth-order valence-corrected chi connectivity index (χ4v) is 4.28. The molecule has 0 bridgehead atoms. The normalized spacial score (nSPS) is 34.8. The molecule has 2 aliphatic rings. The molecule has 0 unspecified atom stereocenters. The number of benzene rings is 1. The maximum absolute atomic E-state index is 11.8. The van der Waals surface area contributed by atoms with Crippen LogP contribution in [0.1, 0.15) is 37.3 Å². The zero-order valence-corrected chi connectivity index (χ0v) is 10.9. The molecule has 3 atom stereocenters. The number of hydrogen-bond donors (Lipinski definition) is 1. The summed E-state index contributed by atoms with van der Waals surface area (Å²) < 4.78 is 31.4. The molecule has 1 aliphatic heterocycles. The van der Waals surface area contributed by atoms with Gasteiger partial charge < -0.3 is 0 Å². The van der Waals surface area contributed by atoms with Crippen molar-refractivity contribution in [1.29, 1.82) is 0 Å². The highest BCUT2D eigenvalue weighted by atomic mass is 32.2. The van der Waals surface area contributed by atoms with Crippen LogP contribution < -0.4 is 4.72 Å². The molecular formula is C13H17NO3S. The Morgan fingerprint density at radius 2 is 1.83 bits per heavy atom. The van der Waals surface area contributed by atoms with E-state index in [2.05, 4.69) is 4.72 Å². The molecule has 1 N–H and O–H groups in total. The van der Waals surface area contributed by atoms with E-state index in [4.69, 9.17) is 4.18 Å². The molecule has 1 aromatic rings. The van der Waals surface area contributed by atoms with Crippen LogP contribution in [0.25, 0.3) is 0 Å². The van der Waals surface area contributed by atoms with Crippen LogP contribution in [0.4, 0.5) is 0 Å². The lowest BCUT2D eigenvalue weighted by molar-refractivity contribution is 0.0546. The molecule has 0 radical (unpaired) electrons. The van der Waals surface area contributed by atoms with Crippen LogP contribution in [-0.4, -0.2) is 14.5 Å². The summed E-state index contributed by atoms with van der Waals surface area (Å²) in [6.07, 6.45) is 3.91. The minimum Gasteiger partial charge on any atom is -0.254 e. The predicted molar refractivity (Wildman–Crippen MR) is 68.1 cm³/mol. The van der Waals surface area contributed by atoms with Gasteiger partial charge in [-0.3, -0.25) is 4.18 Å². The second-order valence-electron chi connectivity index (χ2n) is 5.04. The van der Waals surface area contributed by atoms with E-state index in [-0.39, 0.29) is 18.1 Å². The molecule has 1 heterocycles. The topological polar surface area (TPSA) is 55.4 Å². The van der Waals surface area contributed by atoms with E-state index < -0.39 is 10.3 Å². The summed E-state index contributed by atoms with van der Waals surface area (Å²) in [5.74, 6) is 0.254. The third kappa shape index (κ3) is 2.30. The molecule has 98 valence electrons. The summed E-state index contributed by atoms with van der Waals surface area (Å²) in [6.45, 7) is 0. The van der Waals surface area contributed by atoms with Crippen molar-refractivity contribution in [3.8, 4) is 0 Å². The zero-order valence-electron chi connectivity index (χ0n) is 10.1. The van der Waals surface area contributed by atoms with Gasteiger partial charge in [0, 0.05) is 5.92 Å². The van der Waals surface area contributed by atoms with E-state index in [1.54, 1.807) is 0 Å². The molecule has 1 saturated heterocycles. The van der Waals surface area contributed by atoms with Crippen molar-refractivity contribution in [3.05, 3.63) is 35.9 Å². The van der Waals surface area contributed by atoms with Crippen LogP contribution in [0.5, 0.6) is 0 Å². The van der Waals surface area contributed by atoms with Gasteiger partial charge in [0.05, 0.1) is 12.1 Å². The van der Waals surface area contributed by atoms with E-state index >= 15 is 0 Å². The molecule has 1 saturated carbocycles. The van der Waals surface area contributed by atoms with Gasteiger partial charge >= 0.3 is 10.3 Å². The van der Waals surface area contributed by atoms with Crippen molar-refractivity contribution < 1.29 is 12.6 Å². The van der Waals surface area contributed by atoms with Crippen molar-refractivity contribution >= 4 is 10.3 Å². The van der Waals surface area contributed by atoms with Crippen LogP contribution in [-0.2, 0) is 14.5 Å². The molecule has 2 fully saturated rings.